The Morgan fingerprint density at radius 2 is 1.87 bits per heavy atom. The molecule has 0 fully saturated rings. The molecule has 168 valence electrons. The molecule has 31 heavy (non-hydrogen) atoms. The van der Waals surface area contributed by atoms with Crippen LogP contribution in [0.2, 0.25) is 5.02 Å². The number of carbonyl (C=O) groups is 3. The van der Waals surface area contributed by atoms with Crippen molar-refractivity contribution >= 4 is 45.8 Å². The lowest BCUT2D eigenvalue weighted by molar-refractivity contribution is -0.130. The van der Waals surface area contributed by atoms with Crippen LogP contribution in [0.25, 0.3) is 0 Å². The van der Waals surface area contributed by atoms with E-state index in [-0.39, 0.29) is 37.9 Å². The number of carbonyl (C=O) groups excluding carboxylic acids is 3. The summed E-state index contributed by atoms with van der Waals surface area (Å²) < 4.78 is 5.06. The van der Waals surface area contributed by atoms with Crippen LogP contribution in [0.5, 0.6) is 0 Å². The van der Waals surface area contributed by atoms with Crippen LogP contribution in [-0.2, 0) is 20.7 Å². The van der Waals surface area contributed by atoms with Gasteiger partial charge in [-0.05, 0) is 26.0 Å². The Bertz CT molecular complexity index is 901. The maximum absolute atomic E-state index is 12.9. The van der Waals surface area contributed by atoms with E-state index in [0.717, 1.165) is 0 Å². The van der Waals surface area contributed by atoms with Gasteiger partial charge in [-0.3, -0.25) is 14.4 Å². The summed E-state index contributed by atoms with van der Waals surface area (Å²) in [7, 11) is 1.52. The van der Waals surface area contributed by atoms with Gasteiger partial charge >= 0.3 is 0 Å². The van der Waals surface area contributed by atoms with Gasteiger partial charge in [-0.25, -0.2) is 4.98 Å². The molecule has 0 saturated heterocycles. The number of nitrogens with zero attached hydrogens (tertiary/aromatic N) is 3. The number of aromatic nitrogens is 1. The van der Waals surface area contributed by atoms with E-state index in [9.17, 15) is 14.4 Å². The second-order valence-electron chi connectivity index (χ2n) is 6.63. The number of hydrogen-bond donors (Lipinski definition) is 1. The van der Waals surface area contributed by atoms with Gasteiger partial charge in [0.1, 0.15) is 6.54 Å². The quantitative estimate of drug-likeness (QED) is 0.549. The van der Waals surface area contributed by atoms with Gasteiger partial charge in [0, 0.05) is 32.1 Å². The summed E-state index contributed by atoms with van der Waals surface area (Å²) in [5.74, 6) is -0.765. The molecule has 1 heterocycles. The summed E-state index contributed by atoms with van der Waals surface area (Å²) in [4.78, 5) is 45.1. The Balaban J connectivity index is 2.01. The fraction of sp³-hybridized carbons (Fsp3) is 0.429. The summed E-state index contributed by atoms with van der Waals surface area (Å²) >= 11 is 7.37. The van der Waals surface area contributed by atoms with E-state index < -0.39 is 5.91 Å². The molecule has 0 bridgehead atoms. The molecule has 10 heteroatoms. The molecule has 0 saturated carbocycles. The molecule has 1 aromatic carbocycles. The van der Waals surface area contributed by atoms with Crippen LogP contribution < -0.4 is 5.32 Å². The van der Waals surface area contributed by atoms with Crippen molar-refractivity contribution in [1.29, 1.82) is 0 Å². The third-order valence-electron chi connectivity index (χ3n) is 4.54. The highest BCUT2D eigenvalue weighted by molar-refractivity contribution is 7.13. The number of anilines is 1. The molecular weight excluding hydrogens is 440 g/mol. The number of hydrogen-bond acceptors (Lipinski definition) is 6. The summed E-state index contributed by atoms with van der Waals surface area (Å²) in [6.07, 6.45) is 0.180. The van der Waals surface area contributed by atoms with E-state index in [1.54, 1.807) is 34.5 Å². The number of halogens is 1. The molecule has 0 aliphatic rings. The molecule has 1 aromatic heterocycles. The van der Waals surface area contributed by atoms with Gasteiger partial charge in [-0.1, -0.05) is 23.7 Å². The third kappa shape index (κ3) is 7.30. The average Bonchev–Trinajstić information content (AvgIpc) is 3.18. The molecule has 2 aromatic rings. The van der Waals surface area contributed by atoms with Crippen molar-refractivity contribution in [3.8, 4) is 0 Å². The third-order valence-corrected chi connectivity index (χ3v) is 5.67. The van der Waals surface area contributed by atoms with E-state index in [0.29, 0.717) is 34.5 Å². The minimum absolute atomic E-state index is 0.00995. The zero-order chi connectivity index (χ0) is 22.8. The first-order valence-corrected chi connectivity index (χ1v) is 11.2. The van der Waals surface area contributed by atoms with E-state index in [1.807, 2.05) is 13.8 Å². The van der Waals surface area contributed by atoms with Crippen molar-refractivity contribution in [2.24, 2.45) is 0 Å². The fourth-order valence-electron chi connectivity index (χ4n) is 2.88. The first kappa shape index (κ1) is 24.8. The Kier molecular flexibility index (Phi) is 9.90. The molecule has 0 atom stereocenters. The van der Waals surface area contributed by atoms with Crippen molar-refractivity contribution < 1.29 is 19.1 Å². The van der Waals surface area contributed by atoms with E-state index in [4.69, 9.17) is 16.3 Å². The van der Waals surface area contributed by atoms with Crippen LogP contribution in [0.3, 0.4) is 0 Å². The van der Waals surface area contributed by atoms with Crippen molar-refractivity contribution in [2.75, 3.05) is 45.2 Å². The molecular formula is C21H27ClN4O4S. The maximum atomic E-state index is 12.9. The van der Waals surface area contributed by atoms with Crippen LogP contribution in [0.4, 0.5) is 5.13 Å². The average molecular weight is 467 g/mol. The first-order valence-electron chi connectivity index (χ1n) is 9.94. The van der Waals surface area contributed by atoms with Gasteiger partial charge in [-0.2, -0.15) is 0 Å². The minimum atomic E-state index is -0.396. The minimum Gasteiger partial charge on any atom is -0.383 e. The van der Waals surface area contributed by atoms with Crippen LogP contribution >= 0.6 is 22.9 Å². The molecule has 1 N–H and O–H groups in total. The molecule has 8 nitrogen and oxygen atoms in total. The number of rotatable bonds is 11. The van der Waals surface area contributed by atoms with Crippen LogP contribution in [0.15, 0.2) is 29.6 Å². The Hall–Kier alpha value is -2.49. The van der Waals surface area contributed by atoms with Crippen LogP contribution in [0.1, 0.15) is 29.9 Å². The first-order chi connectivity index (χ1) is 14.9. The monoisotopic (exact) mass is 466 g/mol. The molecule has 0 spiro atoms. The van der Waals surface area contributed by atoms with Crippen molar-refractivity contribution in [3.05, 3.63) is 45.9 Å². The van der Waals surface area contributed by atoms with Crippen molar-refractivity contribution in [2.45, 2.75) is 20.3 Å². The van der Waals surface area contributed by atoms with Gasteiger partial charge in [0.05, 0.1) is 29.3 Å². The Morgan fingerprint density at radius 1 is 1.16 bits per heavy atom. The SMILES string of the molecule is CCN(CC)C(=O)Cc1csc(NC(=O)CN(CCOC)C(=O)c2ccccc2Cl)n1. The van der Waals surface area contributed by atoms with E-state index in [2.05, 4.69) is 10.3 Å². The van der Waals surface area contributed by atoms with Gasteiger partial charge in [0.2, 0.25) is 11.8 Å². The van der Waals surface area contributed by atoms with E-state index in [1.165, 1.54) is 23.3 Å². The molecule has 0 aliphatic carbocycles. The lowest BCUT2D eigenvalue weighted by Crippen LogP contribution is -2.40. The maximum Gasteiger partial charge on any atom is 0.255 e. The molecule has 0 aliphatic heterocycles. The Morgan fingerprint density at radius 3 is 2.52 bits per heavy atom. The standard InChI is InChI=1S/C21H27ClN4O4S/c1-4-25(5-2)19(28)12-15-14-31-21(23-15)24-18(27)13-26(10-11-30-3)20(29)16-8-6-7-9-17(16)22/h6-9,14H,4-5,10-13H2,1-3H3,(H,23,24,27). The van der Waals surface area contributed by atoms with Gasteiger partial charge < -0.3 is 19.9 Å². The zero-order valence-electron chi connectivity index (χ0n) is 17.9. The van der Waals surface area contributed by atoms with Gasteiger partial charge in [0.15, 0.2) is 5.13 Å². The highest BCUT2D eigenvalue weighted by atomic mass is 35.5. The molecule has 2 rings (SSSR count). The van der Waals surface area contributed by atoms with Crippen molar-refractivity contribution in [3.63, 3.8) is 0 Å². The Labute approximate surface area is 191 Å². The predicted molar refractivity (Wildman–Crippen MR) is 122 cm³/mol. The number of nitrogens with one attached hydrogen (secondary N) is 1. The van der Waals surface area contributed by atoms with Gasteiger partial charge in [-0.15, -0.1) is 11.3 Å². The smallest absolute Gasteiger partial charge is 0.255 e. The summed E-state index contributed by atoms with van der Waals surface area (Å²) in [6, 6.07) is 6.68. The normalized spacial score (nSPS) is 10.6. The van der Waals surface area contributed by atoms with Gasteiger partial charge in [0.25, 0.3) is 5.91 Å². The largest absolute Gasteiger partial charge is 0.383 e. The molecule has 3 amide bonds. The number of thiazole rings is 1. The number of likely N-dealkylation sites (N-methyl/N-ethyl adjacent to an activating group) is 1. The number of ether oxygens (including phenoxy) is 1. The van der Waals surface area contributed by atoms with E-state index >= 15 is 0 Å². The summed E-state index contributed by atoms with van der Waals surface area (Å²) in [5.41, 5.74) is 0.917. The van der Waals surface area contributed by atoms with Crippen LogP contribution in [-0.4, -0.2) is 72.4 Å². The lowest BCUT2D eigenvalue weighted by Gasteiger charge is -2.22. The second-order valence-corrected chi connectivity index (χ2v) is 7.90. The summed E-state index contributed by atoms with van der Waals surface area (Å²) in [5, 5.41) is 5.14. The highest BCUT2D eigenvalue weighted by Crippen LogP contribution is 2.19. The predicted octanol–water partition coefficient (Wildman–Crippen LogP) is 2.93. The highest BCUT2D eigenvalue weighted by Gasteiger charge is 2.21. The second kappa shape index (κ2) is 12.4. The summed E-state index contributed by atoms with van der Waals surface area (Å²) in [6.45, 7) is 5.45. The molecule has 0 unspecified atom stereocenters. The van der Waals surface area contributed by atoms with Crippen LogP contribution in [0, 0.1) is 0 Å². The lowest BCUT2D eigenvalue weighted by atomic mass is 10.2. The van der Waals surface area contributed by atoms with Crippen molar-refractivity contribution in [1.82, 2.24) is 14.8 Å². The number of methoxy groups -OCH3 is 1. The fourth-order valence-corrected chi connectivity index (χ4v) is 3.82. The topological polar surface area (TPSA) is 91.8 Å². The zero-order valence-corrected chi connectivity index (χ0v) is 19.5. The number of amides is 3. The molecule has 0 radical (unpaired) electrons. The number of benzene rings is 1.